The lowest BCUT2D eigenvalue weighted by molar-refractivity contribution is -0.139. The fraction of sp³-hybridized carbons (Fsp3) is 0.923. The quantitative estimate of drug-likeness (QED) is 0.812. The molecule has 0 spiro atoms. The van der Waals surface area contributed by atoms with Crippen molar-refractivity contribution in [2.24, 2.45) is 5.92 Å². The molecule has 1 saturated heterocycles. The number of rotatable bonds is 5. The first-order valence-electron chi connectivity index (χ1n) is 6.84. The minimum atomic E-state index is 0. The van der Waals surface area contributed by atoms with Crippen LogP contribution in [0.1, 0.15) is 25.7 Å². The summed E-state index contributed by atoms with van der Waals surface area (Å²) in [6.45, 7) is 3.63. The van der Waals surface area contributed by atoms with Crippen molar-refractivity contribution >= 4 is 18.3 Å². The fourth-order valence-corrected chi connectivity index (χ4v) is 2.69. The Morgan fingerprint density at radius 1 is 1.17 bits per heavy atom. The fourth-order valence-electron chi connectivity index (χ4n) is 2.69. The molecule has 0 aromatic rings. The zero-order valence-electron chi connectivity index (χ0n) is 11.5. The molecule has 2 fully saturated rings. The molecule has 0 radical (unpaired) electrons. The van der Waals surface area contributed by atoms with Gasteiger partial charge in [0.05, 0.1) is 5.92 Å². The molecule has 1 N–H and O–H groups in total. The maximum atomic E-state index is 12.4. The van der Waals surface area contributed by atoms with Gasteiger partial charge in [-0.25, -0.2) is 0 Å². The summed E-state index contributed by atoms with van der Waals surface area (Å²) in [4.78, 5) is 16.7. The van der Waals surface area contributed by atoms with Gasteiger partial charge in [-0.3, -0.25) is 4.79 Å². The van der Waals surface area contributed by atoms with Gasteiger partial charge in [0.2, 0.25) is 5.91 Å². The zero-order chi connectivity index (χ0) is 12.3. The molecular weight excluding hydrogens is 250 g/mol. The normalized spacial score (nSPS) is 20.6. The molecule has 2 aliphatic rings. The summed E-state index contributed by atoms with van der Waals surface area (Å²) in [6, 6.07) is 0.517. The standard InChI is InChI=1S/C13H25N3O.ClH/c1-15(2)7-8-16(12-5-3-4-6-12)13(17)11-9-14-10-11;/h11-12,14H,3-10H2,1-2H3;1H. The van der Waals surface area contributed by atoms with E-state index in [1.54, 1.807) is 0 Å². The Hall–Kier alpha value is -0.320. The van der Waals surface area contributed by atoms with E-state index in [2.05, 4.69) is 29.2 Å². The number of nitrogens with one attached hydrogen (secondary N) is 1. The second kappa shape index (κ2) is 7.31. The largest absolute Gasteiger partial charge is 0.338 e. The lowest BCUT2D eigenvalue weighted by Crippen LogP contribution is -2.55. The third kappa shape index (κ3) is 3.84. The summed E-state index contributed by atoms with van der Waals surface area (Å²) in [5, 5.41) is 3.19. The summed E-state index contributed by atoms with van der Waals surface area (Å²) in [5.41, 5.74) is 0. The van der Waals surface area contributed by atoms with Crippen molar-refractivity contribution in [2.75, 3.05) is 40.3 Å². The van der Waals surface area contributed by atoms with Gasteiger partial charge in [0, 0.05) is 32.2 Å². The summed E-state index contributed by atoms with van der Waals surface area (Å²) in [7, 11) is 4.14. The first kappa shape index (κ1) is 15.7. The van der Waals surface area contributed by atoms with Gasteiger partial charge in [0.25, 0.3) is 0 Å². The summed E-state index contributed by atoms with van der Waals surface area (Å²) in [5.74, 6) is 0.635. The molecule has 1 aliphatic carbocycles. The molecule has 0 unspecified atom stereocenters. The van der Waals surface area contributed by atoms with Gasteiger partial charge >= 0.3 is 0 Å². The van der Waals surface area contributed by atoms with Crippen molar-refractivity contribution in [3.8, 4) is 0 Å². The molecular formula is C13H26ClN3O. The maximum absolute atomic E-state index is 12.4. The average Bonchev–Trinajstić information content (AvgIpc) is 2.68. The van der Waals surface area contributed by atoms with Gasteiger partial charge in [-0.2, -0.15) is 0 Å². The minimum Gasteiger partial charge on any atom is -0.338 e. The first-order valence-corrected chi connectivity index (χ1v) is 6.84. The topological polar surface area (TPSA) is 35.6 Å². The minimum absolute atomic E-state index is 0. The predicted molar refractivity (Wildman–Crippen MR) is 76.1 cm³/mol. The van der Waals surface area contributed by atoms with Crippen molar-refractivity contribution in [2.45, 2.75) is 31.7 Å². The van der Waals surface area contributed by atoms with Crippen molar-refractivity contribution in [3.63, 3.8) is 0 Å². The number of carbonyl (C=O) groups excluding carboxylic acids is 1. The molecule has 1 saturated carbocycles. The van der Waals surface area contributed by atoms with E-state index in [9.17, 15) is 4.79 Å². The highest BCUT2D eigenvalue weighted by molar-refractivity contribution is 5.85. The highest BCUT2D eigenvalue weighted by Crippen LogP contribution is 2.25. The number of amides is 1. The van der Waals surface area contributed by atoms with Crippen molar-refractivity contribution in [3.05, 3.63) is 0 Å². The number of carbonyl (C=O) groups is 1. The number of hydrogen-bond acceptors (Lipinski definition) is 3. The molecule has 0 atom stereocenters. The van der Waals surface area contributed by atoms with E-state index in [0.29, 0.717) is 11.9 Å². The van der Waals surface area contributed by atoms with Crippen LogP contribution in [0.4, 0.5) is 0 Å². The molecule has 1 aliphatic heterocycles. The van der Waals surface area contributed by atoms with Crippen molar-refractivity contribution in [1.29, 1.82) is 0 Å². The van der Waals surface area contributed by atoms with Crippen molar-refractivity contribution in [1.82, 2.24) is 15.1 Å². The van der Waals surface area contributed by atoms with E-state index in [0.717, 1.165) is 26.2 Å². The van der Waals surface area contributed by atoms with E-state index in [-0.39, 0.29) is 18.3 Å². The van der Waals surface area contributed by atoms with Gasteiger partial charge < -0.3 is 15.1 Å². The van der Waals surface area contributed by atoms with E-state index in [1.165, 1.54) is 25.7 Å². The summed E-state index contributed by atoms with van der Waals surface area (Å²) < 4.78 is 0. The molecule has 5 heteroatoms. The zero-order valence-corrected chi connectivity index (χ0v) is 12.3. The highest BCUT2D eigenvalue weighted by atomic mass is 35.5. The molecule has 2 rings (SSSR count). The average molecular weight is 276 g/mol. The van der Waals surface area contributed by atoms with E-state index >= 15 is 0 Å². The molecule has 106 valence electrons. The van der Waals surface area contributed by atoms with Crippen LogP contribution in [0, 0.1) is 5.92 Å². The number of nitrogens with zero attached hydrogens (tertiary/aromatic N) is 2. The van der Waals surface area contributed by atoms with Gasteiger partial charge in [-0.05, 0) is 26.9 Å². The molecule has 18 heavy (non-hydrogen) atoms. The Labute approximate surface area is 116 Å². The summed E-state index contributed by atoms with van der Waals surface area (Å²) in [6.07, 6.45) is 5.00. The van der Waals surface area contributed by atoms with E-state index in [1.807, 2.05) is 0 Å². The molecule has 1 heterocycles. The third-order valence-electron chi connectivity index (χ3n) is 3.97. The Kier molecular flexibility index (Phi) is 6.39. The van der Waals surface area contributed by atoms with Gasteiger partial charge in [0.1, 0.15) is 0 Å². The molecule has 0 aromatic carbocycles. The summed E-state index contributed by atoms with van der Waals surface area (Å²) >= 11 is 0. The van der Waals surface area contributed by atoms with Crippen LogP contribution in [0.25, 0.3) is 0 Å². The van der Waals surface area contributed by atoms with E-state index < -0.39 is 0 Å². The third-order valence-corrected chi connectivity index (χ3v) is 3.97. The Morgan fingerprint density at radius 3 is 2.22 bits per heavy atom. The van der Waals surface area contributed by atoms with Gasteiger partial charge in [0.15, 0.2) is 0 Å². The molecule has 4 nitrogen and oxygen atoms in total. The predicted octanol–water partition coefficient (Wildman–Crippen LogP) is 0.960. The van der Waals surface area contributed by atoms with Crippen LogP contribution < -0.4 is 5.32 Å². The van der Waals surface area contributed by atoms with Crippen LogP contribution in [-0.2, 0) is 4.79 Å². The van der Waals surface area contributed by atoms with Crippen LogP contribution in [0.15, 0.2) is 0 Å². The Bertz CT molecular complexity index is 263. The maximum Gasteiger partial charge on any atom is 0.228 e. The monoisotopic (exact) mass is 275 g/mol. The first-order chi connectivity index (χ1) is 8.18. The number of hydrogen-bond donors (Lipinski definition) is 1. The molecule has 1 amide bonds. The number of likely N-dealkylation sites (N-methyl/N-ethyl adjacent to an activating group) is 1. The van der Waals surface area contributed by atoms with Crippen molar-refractivity contribution < 1.29 is 4.79 Å². The van der Waals surface area contributed by atoms with E-state index in [4.69, 9.17) is 0 Å². The lowest BCUT2D eigenvalue weighted by atomic mass is 10.0. The Balaban J connectivity index is 0.00000162. The van der Waals surface area contributed by atoms with Crippen LogP contribution >= 0.6 is 12.4 Å². The van der Waals surface area contributed by atoms with Gasteiger partial charge in [-0.1, -0.05) is 12.8 Å². The second-order valence-electron chi connectivity index (χ2n) is 5.63. The number of halogens is 1. The molecule has 0 aromatic heterocycles. The van der Waals surface area contributed by atoms with Crippen LogP contribution in [-0.4, -0.2) is 62.0 Å². The Morgan fingerprint density at radius 2 is 1.78 bits per heavy atom. The second-order valence-corrected chi connectivity index (χ2v) is 5.63. The van der Waals surface area contributed by atoms with Crippen LogP contribution in [0.3, 0.4) is 0 Å². The van der Waals surface area contributed by atoms with Gasteiger partial charge in [-0.15, -0.1) is 12.4 Å². The lowest BCUT2D eigenvalue weighted by Gasteiger charge is -2.36. The molecule has 0 bridgehead atoms. The van der Waals surface area contributed by atoms with Crippen LogP contribution in [0.5, 0.6) is 0 Å². The van der Waals surface area contributed by atoms with Crippen LogP contribution in [0.2, 0.25) is 0 Å². The SMILES string of the molecule is CN(C)CCN(C(=O)C1CNC1)C1CCCC1.Cl. The smallest absolute Gasteiger partial charge is 0.228 e. The highest BCUT2D eigenvalue weighted by Gasteiger charge is 2.33.